The molecule has 2 N–H and O–H groups in total. The van der Waals surface area contributed by atoms with Crippen molar-refractivity contribution in [3.8, 4) is 0 Å². The highest BCUT2D eigenvalue weighted by molar-refractivity contribution is 7.92. The lowest BCUT2D eigenvalue weighted by Gasteiger charge is -2.11. The monoisotopic (exact) mass is 324 g/mol. The molecule has 108 valence electrons. The van der Waals surface area contributed by atoms with E-state index in [0.717, 1.165) is 13.0 Å². The summed E-state index contributed by atoms with van der Waals surface area (Å²) in [5.41, 5.74) is 0.243. The quantitative estimate of drug-likeness (QED) is 0.722. The van der Waals surface area contributed by atoms with E-state index in [2.05, 4.69) is 17.0 Å². The van der Waals surface area contributed by atoms with Gasteiger partial charge in [0, 0.05) is 0 Å². The summed E-state index contributed by atoms with van der Waals surface area (Å²) < 4.78 is 26.2. The number of nitrogens with one attached hydrogen (secondary N) is 2. The highest BCUT2D eigenvalue weighted by Gasteiger charge is 2.14. The van der Waals surface area contributed by atoms with Crippen molar-refractivity contribution in [3.05, 3.63) is 28.2 Å². The number of rotatable bonds is 8. The molecule has 1 rings (SSSR count). The van der Waals surface area contributed by atoms with Crippen molar-refractivity contribution >= 4 is 38.9 Å². The summed E-state index contributed by atoms with van der Waals surface area (Å²) in [6, 6.07) is 4.85. The standard InChI is InChI=1S/C12H18Cl2N2O2S/c1-2-7-15-8-4-9-19(17,18)16-12-10(13)5-3-6-11(12)14/h3,5-6,15-16H,2,4,7-9H2,1H3. The van der Waals surface area contributed by atoms with Crippen LogP contribution < -0.4 is 10.0 Å². The predicted octanol–water partition coefficient (Wildman–Crippen LogP) is 3.12. The molecule has 0 aromatic heterocycles. The van der Waals surface area contributed by atoms with E-state index in [1.807, 2.05) is 0 Å². The smallest absolute Gasteiger partial charge is 0.232 e. The number of hydrogen-bond acceptors (Lipinski definition) is 3. The topological polar surface area (TPSA) is 58.2 Å². The van der Waals surface area contributed by atoms with Gasteiger partial charge in [-0.2, -0.15) is 0 Å². The minimum atomic E-state index is -3.43. The molecule has 0 radical (unpaired) electrons. The zero-order valence-corrected chi connectivity index (χ0v) is 13.1. The van der Waals surface area contributed by atoms with Gasteiger partial charge in [-0.1, -0.05) is 36.2 Å². The molecule has 0 unspecified atom stereocenters. The van der Waals surface area contributed by atoms with Crippen molar-refractivity contribution in [2.75, 3.05) is 23.6 Å². The second kappa shape index (κ2) is 7.94. The summed E-state index contributed by atoms with van der Waals surface area (Å²) in [6.45, 7) is 3.62. The van der Waals surface area contributed by atoms with Gasteiger partial charge in [-0.05, 0) is 38.1 Å². The lowest BCUT2D eigenvalue weighted by Crippen LogP contribution is -2.22. The van der Waals surface area contributed by atoms with E-state index in [-0.39, 0.29) is 11.4 Å². The zero-order chi connectivity index (χ0) is 14.3. The minimum absolute atomic E-state index is 0.0330. The lowest BCUT2D eigenvalue weighted by atomic mass is 10.3. The molecule has 1 aromatic rings. The van der Waals surface area contributed by atoms with E-state index in [1.54, 1.807) is 18.2 Å². The summed E-state index contributed by atoms with van der Waals surface area (Å²) >= 11 is 11.8. The molecular weight excluding hydrogens is 307 g/mol. The van der Waals surface area contributed by atoms with Gasteiger partial charge in [0.2, 0.25) is 10.0 Å². The average Bonchev–Trinajstić information content (AvgIpc) is 2.34. The number of sulfonamides is 1. The maximum absolute atomic E-state index is 11.9. The molecule has 0 aliphatic carbocycles. The molecule has 0 amide bonds. The number of para-hydroxylation sites is 1. The summed E-state index contributed by atoms with van der Waals surface area (Å²) in [7, 11) is -3.43. The molecule has 4 nitrogen and oxygen atoms in total. The summed E-state index contributed by atoms with van der Waals surface area (Å²) in [5.74, 6) is 0.0330. The molecule has 0 spiro atoms. The normalized spacial score (nSPS) is 11.5. The van der Waals surface area contributed by atoms with Crippen molar-refractivity contribution in [1.29, 1.82) is 0 Å². The Morgan fingerprint density at radius 3 is 2.37 bits per heavy atom. The molecular formula is C12H18Cl2N2O2S. The van der Waals surface area contributed by atoms with Crippen molar-refractivity contribution in [2.24, 2.45) is 0 Å². The maximum atomic E-state index is 11.9. The first kappa shape index (κ1) is 16.6. The summed E-state index contributed by atoms with van der Waals surface area (Å²) in [5, 5.41) is 3.73. The number of hydrogen-bond donors (Lipinski definition) is 2. The van der Waals surface area contributed by atoms with E-state index in [9.17, 15) is 8.42 Å². The fraction of sp³-hybridized carbons (Fsp3) is 0.500. The third-order valence-corrected chi connectivity index (χ3v) is 4.38. The first-order chi connectivity index (χ1) is 8.96. The van der Waals surface area contributed by atoms with Gasteiger partial charge in [-0.15, -0.1) is 0 Å². The van der Waals surface area contributed by atoms with E-state index in [1.165, 1.54) is 0 Å². The van der Waals surface area contributed by atoms with Crippen LogP contribution in [0.15, 0.2) is 18.2 Å². The van der Waals surface area contributed by atoms with Crippen molar-refractivity contribution < 1.29 is 8.42 Å². The van der Waals surface area contributed by atoms with E-state index in [0.29, 0.717) is 23.0 Å². The molecule has 7 heteroatoms. The van der Waals surface area contributed by atoms with Gasteiger partial charge in [0.05, 0.1) is 21.5 Å². The van der Waals surface area contributed by atoms with Gasteiger partial charge in [0.1, 0.15) is 0 Å². The highest BCUT2D eigenvalue weighted by Crippen LogP contribution is 2.30. The minimum Gasteiger partial charge on any atom is -0.317 e. The van der Waals surface area contributed by atoms with Crippen LogP contribution in [0, 0.1) is 0 Å². The lowest BCUT2D eigenvalue weighted by molar-refractivity contribution is 0.593. The molecule has 0 aliphatic rings. The summed E-state index contributed by atoms with van der Waals surface area (Å²) in [4.78, 5) is 0. The molecule has 19 heavy (non-hydrogen) atoms. The average molecular weight is 325 g/mol. The zero-order valence-electron chi connectivity index (χ0n) is 10.7. The molecule has 0 saturated carbocycles. The maximum Gasteiger partial charge on any atom is 0.232 e. The van der Waals surface area contributed by atoms with Gasteiger partial charge in [-0.25, -0.2) is 8.42 Å². The Labute approximate surface area is 124 Å². The van der Waals surface area contributed by atoms with E-state index >= 15 is 0 Å². The second-order valence-electron chi connectivity index (χ2n) is 4.12. The Morgan fingerprint density at radius 1 is 1.16 bits per heavy atom. The van der Waals surface area contributed by atoms with Gasteiger partial charge in [-0.3, -0.25) is 4.72 Å². The highest BCUT2D eigenvalue weighted by atomic mass is 35.5. The Balaban J connectivity index is 2.55. The second-order valence-corrected chi connectivity index (χ2v) is 6.78. The fourth-order valence-electron chi connectivity index (χ4n) is 1.49. The molecule has 0 saturated heterocycles. The van der Waals surface area contributed by atoms with E-state index in [4.69, 9.17) is 23.2 Å². The van der Waals surface area contributed by atoms with Crippen LogP contribution in [0.1, 0.15) is 19.8 Å². The molecule has 0 bridgehead atoms. The van der Waals surface area contributed by atoms with Crippen LogP contribution in [-0.4, -0.2) is 27.3 Å². The number of halogens is 2. The van der Waals surface area contributed by atoms with E-state index < -0.39 is 10.0 Å². The van der Waals surface area contributed by atoms with Crippen LogP contribution in [-0.2, 0) is 10.0 Å². The largest absolute Gasteiger partial charge is 0.317 e. The van der Waals surface area contributed by atoms with Crippen LogP contribution in [0.3, 0.4) is 0 Å². The molecule has 0 atom stereocenters. The Kier molecular flexibility index (Phi) is 6.93. The van der Waals surface area contributed by atoms with Crippen molar-refractivity contribution in [3.63, 3.8) is 0 Å². The Morgan fingerprint density at radius 2 is 1.79 bits per heavy atom. The Bertz CT molecular complexity index is 486. The Hall–Kier alpha value is -0.490. The molecule has 0 aliphatic heterocycles. The third-order valence-electron chi connectivity index (χ3n) is 2.41. The van der Waals surface area contributed by atoms with Crippen LogP contribution >= 0.6 is 23.2 Å². The third kappa shape index (κ3) is 5.99. The van der Waals surface area contributed by atoms with Gasteiger partial charge in [0.25, 0.3) is 0 Å². The van der Waals surface area contributed by atoms with Crippen molar-refractivity contribution in [1.82, 2.24) is 5.32 Å². The van der Waals surface area contributed by atoms with Gasteiger partial charge >= 0.3 is 0 Å². The van der Waals surface area contributed by atoms with Gasteiger partial charge < -0.3 is 5.32 Å². The van der Waals surface area contributed by atoms with Crippen LogP contribution in [0.2, 0.25) is 10.0 Å². The van der Waals surface area contributed by atoms with Crippen molar-refractivity contribution in [2.45, 2.75) is 19.8 Å². The number of benzene rings is 1. The fourth-order valence-corrected chi connectivity index (χ4v) is 3.25. The number of anilines is 1. The molecule has 0 fully saturated rings. The van der Waals surface area contributed by atoms with Crippen LogP contribution in [0.4, 0.5) is 5.69 Å². The van der Waals surface area contributed by atoms with Crippen LogP contribution in [0.5, 0.6) is 0 Å². The summed E-state index contributed by atoms with van der Waals surface area (Å²) in [6.07, 6.45) is 1.57. The SMILES string of the molecule is CCCNCCCS(=O)(=O)Nc1c(Cl)cccc1Cl. The van der Waals surface area contributed by atoms with Gasteiger partial charge in [0.15, 0.2) is 0 Å². The predicted molar refractivity (Wildman–Crippen MR) is 81.6 cm³/mol. The molecule has 1 aromatic carbocycles. The first-order valence-electron chi connectivity index (χ1n) is 6.11. The molecule has 0 heterocycles. The van der Waals surface area contributed by atoms with Crippen LogP contribution in [0.25, 0.3) is 0 Å². The first-order valence-corrected chi connectivity index (χ1v) is 8.52.